The van der Waals surface area contributed by atoms with Gasteiger partial charge >= 0.3 is 0 Å². The van der Waals surface area contributed by atoms with Crippen molar-refractivity contribution in [3.63, 3.8) is 0 Å². The second kappa shape index (κ2) is 8.15. The molecule has 1 heterocycles. The lowest BCUT2D eigenvalue weighted by atomic mass is 10.0. The molecule has 0 aromatic heterocycles. The quantitative estimate of drug-likeness (QED) is 0.875. The number of carbonyl (C=O) groups is 1. The van der Waals surface area contributed by atoms with Crippen molar-refractivity contribution >= 4 is 18.3 Å². The monoisotopic (exact) mass is 284 g/mol. The van der Waals surface area contributed by atoms with Gasteiger partial charge in [0.25, 0.3) is 0 Å². The van der Waals surface area contributed by atoms with Crippen LogP contribution in [-0.4, -0.2) is 31.2 Å². The highest BCUT2D eigenvalue weighted by Crippen LogP contribution is 2.07. The zero-order chi connectivity index (χ0) is 12.8. The lowest BCUT2D eigenvalue weighted by molar-refractivity contribution is -0.124. The van der Waals surface area contributed by atoms with Crippen molar-refractivity contribution in [2.24, 2.45) is 5.73 Å². The van der Waals surface area contributed by atoms with Crippen LogP contribution in [0.5, 0.6) is 0 Å². The van der Waals surface area contributed by atoms with Crippen molar-refractivity contribution in [2.45, 2.75) is 31.3 Å². The van der Waals surface area contributed by atoms with Gasteiger partial charge in [0.15, 0.2) is 0 Å². The molecule has 4 nitrogen and oxygen atoms in total. The molecule has 0 saturated carbocycles. The molecule has 5 heteroatoms. The number of nitrogens with two attached hydrogens (primary N) is 1. The topological polar surface area (TPSA) is 64.4 Å². The van der Waals surface area contributed by atoms with Crippen molar-refractivity contribution in [3.8, 4) is 0 Å². The summed E-state index contributed by atoms with van der Waals surface area (Å²) in [6.45, 7) is 1.40. The first-order valence-corrected chi connectivity index (χ1v) is 6.43. The lowest BCUT2D eigenvalue weighted by Gasteiger charge is -2.24. The summed E-state index contributed by atoms with van der Waals surface area (Å²) in [5.41, 5.74) is 7.00. The summed E-state index contributed by atoms with van der Waals surface area (Å²) in [7, 11) is 0. The van der Waals surface area contributed by atoms with Gasteiger partial charge in [-0.25, -0.2) is 0 Å². The molecule has 1 saturated heterocycles. The van der Waals surface area contributed by atoms with Crippen LogP contribution in [0.15, 0.2) is 30.3 Å². The van der Waals surface area contributed by atoms with E-state index in [-0.39, 0.29) is 24.4 Å². The van der Waals surface area contributed by atoms with Crippen LogP contribution < -0.4 is 11.1 Å². The molecular weight excluding hydrogens is 264 g/mol. The number of rotatable bonds is 4. The Labute approximate surface area is 120 Å². The second-order valence-corrected chi connectivity index (χ2v) is 4.72. The third kappa shape index (κ3) is 5.19. The normalized spacial score (nSPS) is 20.2. The van der Waals surface area contributed by atoms with E-state index in [4.69, 9.17) is 10.5 Å². The number of benzene rings is 1. The molecule has 1 aliphatic heterocycles. The van der Waals surface area contributed by atoms with Gasteiger partial charge in [-0.3, -0.25) is 4.79 Å². The van der Waals surface area contributed by atoms with Gasteiger partial charge in [-0.15, -0.1) is 12.4 Å². The van der Waals surface area contributed by atoms with Crippen LogP contribution in [0.3, 0.4) is 0 Å². The molecule has 1 aromatic carbocycles. The molecule has 3 N–H and O–H groups in total. The van der Waals surface area contributed by atoms with E-state index in [2.05, 4.69) is 5.32 Å². The van der Waals surface area contributed by atoms with Crippen LogP contribution in [0.1, 0.15) is 18.4 Å². The fourth-order valence-electron chi connectivity index (χ4n) is 2.12. The number of ether oxygens (including phenoxy) is 1. The maximum Gasteiger partial charge on any atom is 0.237 e. The first-order chi connectivity index (χ1) is 8.75. The van der Waals surface area contributed by atoms with Crippen LogP contribution in [-0.2, 0) is 16.0 Å². The number of halogens is 1. The zero-order valence-electron chi connectivity index (χ0n) is 10.9. The fourth-order valence-corrected chi connectivity index (χ4v) is 2.12. The Morgan fingerprint density at radius 2 is 2.16 bits per heavy atom. The highest BCUT2D eigenvalue weighted by molar-refractivity contribution is 5.85. The van der Waals surface area contributed by atoms with Gasteiger partial charge in [-0.1, -0.05) is 30.3 Å². The average molecular weight is 285 g/mol. The van der Waals surface area contributed by atoms with Crippen molar-refractivity contribution in [3.05, 3.63) is 35.9 Å². The highest BCUT2D eigenvalue weighted by Gasteiger charge is 2.20. The fraction of sp³-hybridized carbons (Fsp3) is 0.500. The molecular formula is C14H21ClN2O2. The van der Waals surface area contributed by atoms with Crippen LogP contribution in [0.2, 0.25) is 0 Å². The highest BCUT2D eigenvalue weighted by atomic mass is 35.5. The number of amides is 1. The Morgan fingerprint density at radius 3 is 2.79 bits per heavy atom. The van der Waals surface area contributed by atoms with E-state index < -0.39 is 6.04 Å². The molecule has 2 atom stereocenters. The lowest BCUT2D eigenvalue weighted by Crippen LogP contribution is -2.48. The Kier molecular flexibility index (Phi) is 6.84. The predicted molar refractivity (Wildman–Crippen MR) is 77.4 cm³/mol. The standard InChI is InChI=1S/C14H20N2O2.ClH/c15-13(9-11-5-2-1-3-6-11)14(17)16-12-7-4-8-18-10-12;/h1-3,5-6,12-13H,4,7-10,15H2,(H,16,17);1H. The maximum absolute atomic E-state index is 11.9. The molecule has 2 rings (SSSR count). The molecule has 1 fully saturated rings. The molecule has 0 aliphatic carbocycles. The summed E-state index contributed by atoms with van der Waals surface area (Å²) in [6, 6.07) is 9.45. The smallest absolute Gasteiger partial charge is 0.237 e. The van der Waals surface area contributed by atoms with Gasteiger partial charge in [0.2, 0.25) is 5.91 Å². The van der Waals surface area contributed by atoms with Crippen molar-refractivity contribution < 1.29 is 9.53 Å². The number of hydrogen-bond donors (Lipinski definition) is 2. The van der Waals surface area contributed by atoms with Crippen LogP contribution in [0, 0.1) is 0 Å². The van der Waals surface area contributed by atoms with Gasteiger partial charge in [0.1, 0.15) is 0 Å². The third-order valence-electron chi connectivity index (χ3n) is 3.14. The van der Waals surface area contributed by atoms with E-state index >= 15 is 0 Å². The first kappa shape index (κ1) is 16.0. The second-order valence-electron chi connectivity index (χ2n) is 4.72. The largest absolute Gasteiger partial charge is 0.379 e. The molecule has 19 heavy (non-hydrogen) atoms. The van der Waals surface area contributed by atoms with Gasteiger partial charge < -0.3 is 15.8 Å². The van der Waals surface area contributed by atoms with Gasteiger partial charge in [-0.2, -0.15) is 0 Å². The summed E-state index contributed by atoms with van der Waals surface area (Å²) < 4.78 is 5.33. The maximum atomic E-state index is 11.9. The summed E-state index contributed by atoms with van der Waals surface area (Å²) >= 11 is 0. The zero-order valence-corrected chi connectivity index (χ0v) is 11.7. The van der Waals surface area contributed by atoms with E-state index in [9.17, 15) is 4.79 Å². The molecule has 0 bridgehead atoms. The van der Waals surface area contributed by atoms with Gasteiger partial charge in [-0.05, 0) is 24.8 Å². The van der Waals surface area contributed by atoms with Crippen LogP contribution in [0.4, 0.5) is 0 Å². The minimum Gasteiger partial charge on any atom is -0.379 e. The first-order valence-electron chi connectivity index (χ1n) is 6.43. The number of hydrogen-bond acceptors (Lipinski definition) is 3. The molecule has 0 radical (unpaired) electrons. The average Bonchev–Trinajstić information content (AvgIpc) is 2.41. The van der Waals surface area contributed by atoms with Crippen molar-refractivity contribution in [1.29, 1.82) is 0 Å². The third-order valence-corrected chi connectivity index (χ3v) is 3.14. The predicted octanol–water partition coefficient (Wildman–Crippen LogP) is 1.27. The summed E-state index contributed by atoms with van der Waals surface area (Å²) in [6.07, 6.45) is 2.54. The van der Waals surface area contributed by atoms with E-state index in [1.165, 1.54) is 0 Å². The Morgan fingerprint density at radius 1 is 1.42 bits per heavy atom. The molecule has 1 amide bonds. The molecule has 1 aromatic rings. The molecule has 1 aliphatic rings. The minimum atomic E-state index is -0.491. The van der Waals surface area contributed by atoms with Crippen molar-refractivity contribution in [1.82, 2.24) is 5.32 Å². The van der Waals surface area contributed by atoms with Crippen LogP contribution >= 0.6 is 12.4 Å². The van der Waals surface area contributed by atoms with Crippen molar-refractivity contribution in [2.75, 3.05) is 13.2 Å². The number of nitrogens with one attached hydrogen (secondary N) is 1. The van der Waals surface area contributed by atoms with E-state index in [1.54, 1.807) is 0 Å². The number of carbonyl (C=O) groups excluding carboxylic acids is 1. The van der Waals surface area contributed by atoms with E-state index in [0.717, 1.165) is 25.0 Å². The Bertz CT molecular complexity index is 380. The van der Waals surface area contributed by atoms with E-state index in [1.807, 2.05) is 30.3 Å². The van der Waals surface area contributed by atoms with Crippen LogP contribution in [0.25, 0.3) is 0 Å². The van der Waals surface area contributed by atoms with E-state index in [0.29, 0.717) is 13.0 Å². The minimum absolute atomic E-state index is 0. The summed E-state index contributed by atoms with van der Waals surface area (Å²) in [4.78, 5) is 11.9. The van der Waals surface area contributed by atoms with Gasteiger partial charge in [0, 0.05) is 6.61 Å². The summed E-state index contributed by atoms with van der Waals surface area (Å²) in [5.74, 6) is -0.0886. The van der Waals surface area contributed by atoms with Gasteiger partial charge in [0.05, 0.1) is 18.7 Å². The Hall–Kier alpha value is -1.10. The molecule has 0 spiro atoms. The summed E-state index contributed by atoms with van der Waals surface area (Å²) in [5, 5.41) is 2.95. The Balaban J connectivity index is 0.00000180. The molecule has 2 unspecified atom stereocenters. The molecule has 106 valence electrons. The SMILES string of the molecule is Cl.NC(Cc1ccccc1)C(=O)NC1CCCOC1.